The zero-order valence-corrected chi connectivity index (χ0v) is 29.5. The number of furan rings is 1. The monoisotopic (exact) mass is 678 g/mol. The van der Waals surface area contributed by atoms with E-state index in [1.165, 1.54) is 44.5 Å². The van der Waals surface area contributed by atoms with Gasteiger partial charge < -0.3 is 4.42 Å². The number of para-hydroxylation sites is 1. The zero-order chi connectivity index (χ0) is 35.3. The number of fused-ring (bicyclic) bond motifs is 12. The van der Waals surface area contributed by atoms with E-state index in [9.17, 15) is 0 Å². The summed E-state index contributed by atoms with van der Waals surface area (Å²) in [5, 5.41) is 2.19. The van der Waals surface area contributed by atoms with Crippen LogP contribution in [0.1, 0.15) is 47.2 Å². The summed E-state index contributed by atoms with van der Waals surface area (Å²) in [5.74, 6) is 0.686. The summed E-state index contributed by atoms with van der Waals surface area (Å²) >= 11 is 0. The molecule has 1 spiro atoms. The summed E-state index contributed by atoms with van der Waals surface area (Å²) in [7, 11) is 0. The SMILES string of the molecule is CC1(C)c2ccccc2C2(c3ccccc3-c3ccccc32)c2cc3c(cc21)oc1c(-c2cc(-c4ccccc4)nc(-c4ccccc4)n2)cccc13. The molecule has 0 fully saturated rings. The largest absolute Gasteiger partial charge is 0.455 e. The standard InChI is InChI=1S/C50H34N2O/c1-49(2)40-26-13-14-27-41(40)50(38-24-11-9-20-33(38)34-21-10-12-25-39(34)50)43-28-37-35-22-15-23-36(47(35)53-46(37)29-42(43)49)45-30-44(31-16-5-3-6-17-31)51-48(52-45)32-18-7-4-8-19-32/h3-30H,1-2H3. The van der Waals surface area contributed by atoms with Crippen molar-refractivity contribution < 1.29 is 4.42 Å². The average molecular weight is 679 g/mol. The third kappa shape index (κ3) is 4.11. The van der Waals surface area contributed by atoms with Gasteiger partial charge >= 0.3 is 0 Å². The van der Waals surface area contributed by atoms with Crippen LogP contribution < -0.4 is 0 Å². The minimum Gasteiger partial charge on any atom is -0.455 e. The fourth-order valence-electron chi connectivity index (χ4n) is 9.39. The van der Waals surface area contributed by atoms with E-state index in [2.05, 4.69) is 159 Å². The van der Waals surface area contributed by atoms with Crippen molar-refractivity contribution in [3.8, 4) is 45.0 Å². The van der Waals surface area contributed by atoms with Gasteiger partial charge in [-0.2, -0.15) is 0 Å². The van der Waals surface area contributed by atoms with Gasteiger partial charge in [-0.15, -0.1) is 0 Å². The third-order valence-electron chi connectivity index (χ3n) is 11.8. The number of nitrogens with zero attached hydrogens (tertiary/aromatic N) is 2. The van der Waals surface area contributed by atoms with Crippen LogP contribution in [0.25, 0.3) is 67.0 Å². The molecule has 2 heterocycles. The molecule has 0 unspecified atom stereocenters. The van der Waals surface area contributed by atoms with Gasteiger partial charge in [0.2, 0.25) is 0 Å². The van der Waals surface area contributed by atoms with Gasteiger partial charge in [0.25, 0.3) is 0 Å². The van der Waals surface area contributed by atoms with Gasteiger partial charge in [-0.05, 0) is 68.8 Å². The first-order chi connectivity index (χ1) is 26.0. The first kappa shape index (κ1) is 30.1. The summed E-state index contributed by atoms with van der Waals surface area (Å²) in [6, 6.07) is 60.9. The molecule has 2 aromatic heterocycles. The van der Waals surface area contributed by atoms with Crippen LogP contribution in [0.4, 0.5) is 0 Å². The molecular formula is C50H34N2O. The number of hydrogen-bond acceptors (Lipinski definition) is 3. The summed E-state index contributed by atoms with van der Waals surface area (Å²) in [4.78, 5) is 10.2. The molecule has 0 bridgehead atoms. The molecule has 9 aromatic rings. The highest BCUT2D eigenvalue weighted by Gasteiger charge is 2.53. The molecule has 7 aromatic carbocycles. The minimum absolute atomic E-state index is 0.262. The maximum Gasteiger partial charge on any atom is 0.160 e. The van der Waals surface area contributed by atoms with Crippen LogP contribution in [0.15, 0.2) is 174 Å². The molecule has 2 aliphatic rings. The molecule has 0 saturated carbocycles. The van der Waals surface area contributed by atoms with Crippen LogP contribution in [0.3, 0.4) is 0 Å². The van der Waals surface area contributed by atoms with Crippen molar-refractivity contribution in [2.24, 2.45) is 0 Å². The molecule has 3 heteroatoms. The summed E-state index contributed by atoms with van der Waals surface area (Å²) in [5.41, 5.74) is 16.2. The Hall–Kier alpha value is -6.58. The zero-order valence-electron chi connectivity index (χ0n) is 29.5. The Morgan fingerprint density at radius 1 is 0.415 bits per heavy atom. The Morgan fingerprint density at radius 2 is 0.981 bits per heavy atom. The van der Waals surface area contributed by atoms with Crippen LogP contribution >= 0.6 is 0 Å². The Morgan fingerprint density at radius 3 is 1.68 bits per heavy atom. The van der Waals surface area contributed by atoms with E-state index in [1.54, 1.807) is 0 Å². The maximum absolute atomic E-state index is 7.01. The van der Waals surface area contributed by atoms with Crippen LogP contribution in [0, 0.1) is 0 Å². The van der Waals surface area contributed by atoms with E-state index in [1.807, 2.05) is 24.3 Å². The van der Waals surface area contributed by atoms with E-state index >= 15 is 0 Å². The van der Waals surface area contributed by atoms with Crippen LogP contribution in [-0.4, -0.2) is 9.97 Å². The molecule has 11 rings (SSSR count). The molecule has 0 amide bonds. The second-order valence-corrected chi connectivity index (χ2v) is 14.9. The van der Waals surface area contributed by atoms with E-state index < -0.39 is 5.41 Å². The Labute approximate surface area is 308 Å². The third-order valence-corrected chi connectivity index (χ3v) is 11.8. The molecule has 0 saturated heterocycles. The molecule has 0 aliphatic heterocycles. The highest BCUT2D eigenvalue weighted by Crippen LogP contribution is 2.62. The molecule has 53 heavy (non-hydrogen) atoms. The number of aromatic nitrogens is 2. The predicted octanol–water partition coefficient (Wildman–Crippen LogP) is 12.4. The van der Waals surface area contributed by atoms with E-state index in [4.69, 9.17) is 14.4 Å². The normalized spacial score (nSPS) is 14.5. The lowest BCUT2D eigenvalue weighted by Gasteiger charge is -2.46. The van der Waals surface area contributed by atoms with Gasteiger partial charge in [0.15, 0.2) is 5.82 Å². The highest BCUT2D eigenvalue weighted by atomic mass is 16.3. The number of benzene rings is 7. The van der Waals surface area contributed by atoms with Crippen molar-refractivity contribution in [1.82, 2.24) is 9.97 Å². The molecular weight excluding hydrogens is 645 g/mol. The molecule has 0 atom stereocenters. The quantitative estimate of drug-likeness (QED) is 0.187. The fourth-order valence-corrected chi connectivity index (χ4v) is 9.39. The van der Waals surface area contributed by atoms with Crippen LogP contribution in [0.2, 0.25) is 0 Å². The Balaban J connectivity index is 1.21. The molecule has 0 radical (unpaired) electrons. The summed E-state index contributed by atoms with van der Waals surface area (Å²) in [6.07, 6.45) is 0. The first-order valence-corrected chi connectivity index (χ1v) is 18.3. The Bertz CT molecular complexity index is 2820. The van der Waals surface area contributed by atoms with Crippen molar-refractivity contribution in [3.63, 3.8) is 0 Å². The van der Waals surface area contributed by atoms with Gasteiger partial charge in [0.05, 0.1) is 16.8 Å². The van der Waals surface area contributed by atoms with Gasteiger partial charge in [0.1, 0.15) is 11.2 Å². The number of rotatable bonds is 3. The Kier molecular flexibility index (Phi) is 6.22. The summed E-state index contributed by atoms with van der Waals surface area (Å²) < 4.78 is 7.01. The van der Waals surface area contributed by atoms with Crippen molar-refractivity contribution in [2.75, 3.05) is 0 Å². The maximum atomic E-state index is 7.01. The van der Waals surface area contributed by atoms with E-state index in [0.29, 0.717) is 5.82 Å². The first-order valence-electron chi connectivity index (χ1n) is 18.3. The highest BCUT2D eigenvalue weighted by molar-refractivity contribution is 6.10. The lowest BCUT2D eigenvalue weighted by Crippen LogP contribution is -2.40. The second-order valence-electron chi connectivity index (χ2n) is 14.9. The van der Waals surface area contributed by atoms with Crippen LogP contribution in [-0.2, 0) is 10.8 Å². The van der Waals surface area contributed by atoms with E-state index in [0.717, 1.165) is 50.0 Å². The van der Waals surface area contributed by atoms with Gasteiger partial charge in [0, 0.05) is 32.9 Å². The van der Waals surface area contributed by atoms with Crippen molar-refractivity contribution >= 4 is 21.9 Å². The molecule has 3 nitrogen and oxygen atoms in total. The van der Waals surface area contributed by atoms with Crippen molar-refractivity contribution in [2.45, 2.75) is 24.7 Å². The lowest BCUT2D eigenvalue weighted by atomic mass is 9.55. The molecule has 2 aliphatic carbocycles. The fraction of sp³-hybridized carbons (Fsp3) is 0.0800. The van der Waals surface area contributed by atoms with Gasteiger partial charge in [-0.3, -0.25) is 0 Å². The smallest absolute Gasteiger partial charge is 0.160 e. The number of hydrogen-bond donors (Lipinski definition) is 0. The van der Waals surface area contributed by atoms with E-state index in [-0.39, 0.29) is 5.41 Å². The molecule has 250 valence electrons. The summed E-state index contributed by atoms with van der Waals surface area (Å²) in [6.45, 7) is 4.72. The van der Waals surface area contributed by atoms with Gasteiger partial charge in [-0.1, -0.05) is 159 Å². The predicted molar refractivity (Wildman–Crippen MR) is 215 cm³/mol. The molecule has 0 N–H and O–H groups in total. The van der Waals surface area contributed by atoms with Crippen molar-refractivity contribution in [1.29, 1.82) is 0 Å². The topological polar surface area (TPSA) is 38.9 Å². The van der Waals surface area contributed by atoms with Crippen LogP contribution in [0.5, 0.6) is 0 Å². The second kappa shape index (κ2) is 11.0. The van der Waals surface area contributed by atoms with Crippen molar-refractivity contribution in [3.05, 3.63) is 203 Å². The lowest BCUT2D eigenvalue weighted by molar-refractivity contribution is 0.562. The average Bonchev–Trinajstić information content (AvgIpc) is 3.74. The van der Waals surface area contributed by atoms with Gasteiger partial charge in [-0.25, -0.2) is 9.97 Å². The minimum atomic E-state index is -0.466.